The Morgan fingerprint density at radius 2 is 2.27 bits per heavy atom. The van der Waals surface area contributed by atoms with Crippen molar-refractivity contribution in [2.75, 3.05) is 5.32 Å². The van der Waals surface area contributed by atoms with Crippen LogP contribution >= 0.6 is 22.6 Å². The van der Waals surface area contributed by atoms with Crippen LogP contribution in [-0.4, -0.2) is 5.91 Å². The first-order chi connectivity index (χ1) is 7.22. The molecule has 1 saturated carbocycles. The van der Waals surface area contributed by atoms with Gasteiger partial charge in [0.25, 0.3) is 0 Å². The minimum Gasteiger partial charge on any atom is -0.325 e. The smallest absolute Gasteiger partial charge is 0.227 e. The topological polar surface area (TPSA) is 29.1 Å². The molecule has 1 aromatic rings. The summed E-state index contributed by atoms with van der Waals surface area (Å²) in [6, 6.07) is 7.87. The summed E-state index contributed by atoms with van der Waals surface area (Å²) < 4.78 is 1.09. The van der Waals surface area contributed by atoms with Crippen molar-refractivity contribution in [2.24, 2.45) is 11.8 Å². The van der Waals surface area contributed by atoms with E-state index in [0.717, 1.165) is 22.1 Å². The largest absolute Gasteiger partial charge is 0.325 e. The number of carbonyl (C=O) groups excluding carboxylic acids is 1. The van der Waals surface area contributed by atoms with E-state index in [1.807, 2.05) is 24.3 Å². The summed E-state index contributed by atoms with van der Waals surface area (Å²) in [4.78, 5) is 11.8. The number of carbonyl (C=O) groups is 1. The summed E-state index contributed by atoms with van der Waals surface area (Å²) in [6.07, 6.45) is 2.18. The highest BCUT2D eigenvalue weighted by molar-refractivity contribution is 14.1. The molecule has 1 fully saturated rings. The number of anilines is 1. The van der Waals surface area contributed by atoms with Crippen molar-refractivity contribution >= 4 is 34.2 Å². The third-order valence-corrected chi connectivity index (χ3v) is 3.86. The SMILES string of the molecule is CCC1CC1C(=O)Nc1ccccc1I. The predicted molar refractivity (Wildman–Crippen MR) is 69.7 cm³/mol. The molecule has 2 atom stereocenters. The first-order valence-electron chi connectivity index (χ1n) is 5.27. The van der Waals surface area contributed by atoms with Gasteiger partial charge in [-0.3, -0.25) is 4.79 Å². The van der Waals surface area contributed by atoms with Crippen molar-refractivity contribution < 1.29 is 4.79 Å². The lowest BCUT2D eigenvalue weighted by Gasteiger charge is -2.06. The van der Waals surface area contributed by atoms with E-state index in [1.165, 1.54) is 0 Å². The zero-order chi connectivity index (χ0) is 10.8. The Morgan fingerprint density at radius 3 is 2.87 bits per heavy atom. The van der Waals surface area contributed by atoms with Crippen molar-refractivity contribution in [1.82, 2.24) is 0 Å². The molecule has 1 amide bonds. The zero-order valence-corrected chi connectivity index (χ0v) is 10.8. The first-order valence-corrected chi connectivity index (χ1v) is 6.35. The predicted octanol–water partition coefficient (Wildman–Crippen LogP) is 3.28. The van der Waals surface area contributed by atoms with Gasteiger partial charge in [-0.2, -0.15) is 0 Å². The van der Waals surface area contributed by atoms with E-state index in [2.05, 4.69) is 34.8 Å². The Labute approximate surface area is 104 Å². The number of benzene rings is 1. The van der Waals surface area contributed by atoms with Crippen molar-refractivity contribution in [3.63, 3.8) is 0 Å². The molecule has 0 saturated heterocycles. The van der Waals surface area contributed by atoms with E-state index in [9.17, 15) is 4.79 Å². The van der Waals surface area contributed by atoms with Gasteiger partial charge in [-0.15, -0.1) is 0 Å². The Morgan fingerprint density at radius 1 is 1.53 bits per heavy atom. The second-order valence-corrected chi connectivity index (χ2v) is 5.14. The number of nitrogens with one attached hydrogen (secondary N) is 1. The van der Waals surface area contributed by atoms with Crippen LogP contribution in [0.4, 0.5) is 5.69 Å². The Hall–Kier alpha value is -0.580. The second-order valence-electron chi connectivity index (χ2n) is 3.98. The maximum Gasteiger partial charge on any atom is 0.227 e. The molecule has 1 aliphatic carbocycles. The van der Waals surface area contributed by atoms with E-state index >= 15 is 0 Å². The third kappa shape index (κ3) is 2.51. The normalized spacial score (nSPS) is 23.6. The minimum atomic E-state index is 0.186. The van der Waals surface area contributed by atoms with Crippen LogP contribution in [0.1, 0.15) is 19.8 Å². The summed E-state index contributed by atoms with van der Waals surface area (Å²) in [5.74, 6) is 1.06. The van der Waals surface area contributed by atoms with E-state index in [1.54, 1.807) is 0 Å². The monoisotopic (exact) mass is 315 g/mol. The van der Waals surface area contributed by atoms with Crippen LogP contribution in [0.15, 0.2) is 24.3 Å². The molecule has 2 nitrogen and oxygen atoms in total. The Balaban J connectivity index is 1.98. The maximum atomic E-state index is 11.8. The fraction of sp³-hybridized carbons (Fsp3) is 0.417. The molecule has 1 N–H and O–H groups in total. The van der Waals surface area contributed by atoms with E-state index < -0.39 is 0 Å². The molecule has 0 bridgehead atoms. The fourth-order valence-electron chi connectivity index (χ4n) is 1.81. The van der Waals surface area contributed by atoms with Crippen LogP contribution in [0.2, 0.25) is 0 Å². The van der Waals surface area contributed by atoms with Gasteiger partial charge in [-0.1, -0.05) is 25.5 Å². The van der Waals surface area contributed by atoms with Crippen molar-refractivity contribution in [2.45, 2.75) is 19.8 Å². The van der Waals surface area contributed by atoms with Gasteiger partial charge in [0.2, 0.25) is 5.91 Å². The van der Waals surface area contributed by atoms with Gasteiger partial charge in [-0.25, -0.2) is 0 Å². The maximum absolute atomic E-state index is 11.8. The van der Waals surface area contributed by atoms with E-state index in [0.29, 0.717) is 5.92 Å². The van der Waals surface area contributed by atoms with Gasteiger partial charge in [0.1, 0.15) is 0 Å². The summed E-state index contributed by atoms with van der Waals surface area (Å²) in [7, 11) is 0. The molecule has 1 aliphatic rings. The van der Waals surface area contributed by atoms with E-state index in [-0.39, 0.29) is 11.8 Å². The standard InChI is InChI=1S/C12H14INO/c1-2-8-7-9(8)12(15)14-11-6-4-3-5-10(11)13/h3-6,8-9H,2,7H2,1H3,(H,14,15). The number of para-hydroxylation sites is 1. The second kappa shape index (κ2) is 4.51. The lowest BCUT2D eigenvalue weighted by molar-refractivity contribution is -0.117. The summed E-state index contributed by atoms with van der Waals surface area (Å²) in [5.41, 5.74) is 0.935. The highest BCUT2D eigenvalue weighted by Gasteiger charge is 2.41. The number of amides is 1. The molecular weight excluding hydrogens is 301 g/mol. The van der Waals surface area contributed by atoms with Gasteiger partial charge in [0, 0.05) is 9.49 Å². The van der Waals surface area contributed by atoms with Crippen LogP contribution in [0.3, 0.4) is 0 Å². The molecule has 0 aliphatic heterocycles. The van der Waals surface area contributed by atoms with Gasteiger partial charge in [0.05, 0.1) is 5.69 Å². The Bertz CT molecular complexity index is 378. The summed E-state index contributed by atoms with van der Waals surface area (Å²) in [5, 5.41) is 2.99. The van der Waals surface area contributed by atoms with Crippen molar-refractivity contribution in [1.29, 1.82) is 0 Å². The molecular formula is C12H14INO. The van der Waals surface area contributed by atoms with Crippen molar-refractivity contribution in [3.8, 4) is 0 Å². The average molecular weight is 315 g/mol. The third-order valence-electron chi connectivity index (χ3n) is 2.92. The molecule has 2 unspecified atom stereocenters. The lowest BCUT2D eigenvalue weighted by atomic mass is 10.2. The number of halogens is 1. The molecule has 0 spiro atoms. The molecule has 0 radical (unpaired) electrons. The lowest BCUT2D eigenvalue weighted by Crippen LogP contribution is -2.15. The van der Waals surface area contributed by atoms with Gasteiger partial charge in [0.15, 0.2) is 0 Å². The van der Waals surface area contributed by atoms with Crippen LogP contribution < -0.4 is 5.32 Å². The van der Waals surface area contributed by atoms with Gasteiger partial charge >= 0.3 is 0 Å². The molecule has 3 heteroatoms. The first kappa shape index (κ1) is 10.9. The van der Waals surface area contributed by atoms with Gasteiger partial charge < -0.3 is 5.32 Å². The number of rotatable bonds is 3. The fourth-order valence-corrected chi connectivity index (χ4v) is 2.33. The van der Waals surface area contributed by atoms with E-state index in [4.69, 9.17) is 0 Å². The molecule has 0 heterocycles. The number of hydrogen-bond acceptors (Lipinski definition) is 1. The Kier molecular flexibility index (Phi) is 3.29. The van der Waals surface area contributed by atoms with Crippen LogP contribution in [0.5, 0.6) is 0 Å². The average Bonchev–Trinajstić information content (AvgIpc) is 3.00. The molecule has 15 heavy (non-hydrogen) atoms. The molecule has 2 rings (SSSR count). The van der Waals surface area contributed by atoms with Crippen LogP contribution in [0, 0.1) is 15.4 Å². The quantitative estimate of drug-likeness (QED) is 0.852. The molecule has 0 aromatic heterocycles. The molecule has 80 valence electrons. The van der Waals surface area contributed by atoms with Crippen molar-refractivity contribution in [3.05, 3.63) is 27.8 Å². The van der Waals surface area contributed by atoms with Crippen LogP contribution in [-0.2, 0) is 4.79 Å². The van der Waals surface area contributed by atoms with Crippen LogP contribution in [0.25, 0.3) is 0 Å². The highest BCUT2D eigenvalue weighted by atomic mass is 127. The molecule has 1 aromatic carbocycles. The van der Waals surface area contributed by atoms with Gasteiger partial charge in [-0.05, 0) is 47.1 Å². The highest BCUT2D eigenvalue weighted by Crippen LogP contribution is 2.41. The minimum absolute atomic E-state index is 0.186. The summed E-state index contributed by atoms with van der Waals surface area (Å²) in [6.45, 7) is 2.14. The number of hydrogen-bond donors (Lipinski definition) is 1. The zero-order valence-electron chi connectivity index (χ0n) is 8.66. The summed E-state index contributed by atoms with van der Waals surface area (Å²) >= 11 is 2.24.